The summed E-state index contributed by atoms with van der Waals surface area (Å²) in [6, 6.07) is 0. The van der Waals surface area contributed by atoms with Gasteiger partial charge in [0.15, 0.2) is 0 Å². The van der Waals surface area contributed by atoms with E-state index in [0.29, 0.717) is 0 Å². The second-order valence-corrected chi connectivity index (χ2v) is 3.70. The molecular formula is C3H4Cl4O2. The Hall–Kier alpha value is 1.08. The third kappa shape index (κ3) is 2.66. The summed E-state index contributed by atoms with van der Waals surface area (Å²) >= 11 is 20.4. The molecule has 0 aliphatic heterocycles. The van der Waals surface area contributed by atoms with Gasteiger partial charge in [-0.2, -0.15) is 0 Å². The van der Waals surface area contributed by atoms with Gasteiger partial charge in [0.05, 0.1) is 11.9 Å². The van der Waals surface area contributed by atoms with Gasteiger partial charge >= 0.3 is 0 Å². The maximum atomic E-state index is 8.73. The molecule has 0 bridgehead atoms. The molecule has 0 fully saturated rings. The second kappa shape index (κ2) is 2.99. The summed E-state index contributed by atoms with van der Waals surface area (Å²) in [6.45, 7) is 1.22. The highest BCUT2D eigenvalue weighted by molar-refractivity contribution is 6.52. The molecule has 1 unspecified atom stereocenters. The molecule has 0 aliphatic carbocycles. The maximum Gasteiger partial charge on any atom is 0.260 e. The standard InChI is InChI=1S/C3H4Cl4O2/c1-2(4,9-7)3(5,6)8/h8H,1H3. The van der Waals surface area contributed by atoms with Crippen LogP contribution in [0.4, 0.5) is 0 Å². The third-order valence-electron chi connectivity index (χ3n) is 0.682. The van der Waals surface area contributed by atoms with Crippen molar-refractivity contribution in [2.45, 2.75) is 16.5 Å². The molecule has 0 aliphatic rings. The number of hydrogen-bond acceptors (Lipinski definition) is 2. The first-order valence-corrected chi connectivity index (χ1v) is 3.34. The van der Waals surface area contributed by atoms with Crippen LogP contribution in [0.2, 0.25) is 0 Å². The monoisotopic (exact) mass is 212 g/mol. The lowest BCUT2D eigenvalue weighted by Gasteiger charge is -2.25. The zero-order valence-corrected chi connectivity index (χ0v) is 7.39. The fraction of sp³-hybridized carbons (Fsp3) is 1.00. The minimum atomic E-state index is -2.20. The summed E-state index contributed by atoms with van der Waals surface area (Å²) in [7, 11) is 0. The molecule has 0 rings (SSSR count). The Morgan fingerprint density at radius 3 is 1.67 bits per heavy atom. The van der Waals surface area contributed by atoms with Gasteiger partial charge < -0.3 is 5.11 Å². The topological polar surface area (TPSA) is 29.5 Å². The van der Waals surface area contributed by atoms with E-state index in [1.807, 2.05) is 0 Å². The molecule has 0 saturated carbocycles. The molecule has 1 N–H and O–H groups in total. The summed E-state index contributed by atoms with van der Waals surface area (Å²) in [5.41, 5.74) is 0. The number of aliphatic hydroxyl groups is 1. The molecule has 2 nitrogen and oxygen atoms in total. The molecule has 0 aromatic rings. The number of hydrogen-bond donors (Lipinski definition) is 1. The lowest BCUT2D eigenvalue weighted by molar-refractivity contribution is 0.0476. The van der Waals surface area contributed by atoms with Crippen molar-refractivity contribution in [1.29, 1.82) is 0 Å². The zero-order chi connectivity index (χ0) is 7.71. The molecule has 0 saturated heterocycles. The van der Waals surface area contributed by atoms with Gasteiger partial charge in [-0.1, -0.05) is 34.8 Å². The summed E-state index contributed by atoms with van der Waals surface area (Å²) < 4.78 is 1.83. The number of alkyl halides is 3. The van der Waals surface area contributed by atoms with Crippen molar-refractivity contribution in [2.75, 3.05) is 0 Å². The van der Waals surface area contributed by atoms with Crippen LogP contribution in [-0.4, -0.2) is 14.7 Å². The fourth-order valence-electron chi connectivity index (χ4n) is 0.0464. The van der Waals surface area contributed by atoms with Crippen molar-refractivity contribution in [3.63, 3.8) is 0 Å². The highest BCUT2D eigenvalue weighted by atomic mass is 35.5. The van der Waals surface area contributed by atoms with Crippen LogP contribution < -0.4 is 0 Å². The molecule has 9 heavy (non-hydrogen) atoms. The van der Waals surface area contributed by atoms with Gasteiger partial charge in [0, 0.05) is 0 Å². The smallest absolute Gasteiger partial charge is 0.260 e. The highest BCUT2D eigenvalue weighted by Crippen LogP contribution is 2.38. The lowest BCUT2D eigenvalue weighted by Crippen LogP contribution is -2.38. The van der Waals surface area contributed by atoms with Crippen LogP contribution in [0.1, 0.15) is 6.92 Å². The second-order valence-electron chi connectivity index (χ2n) is 1.54. The Morgan fingerprint density at radius 1 is 1.33 bits per heavy atom. The van der Waals surface area contributed by atoms with Gasteiger partial charge in [0.2, 0.25) is 5.06 Å². The molecule has 0 amide bonds. The lowest BCUT2D eigenvalue weighted by atomic mass is 10.4. The summed E-state index contributed by atoms with van der Waals surface area (Å²) in [6.07, 6.45) is 0. The van der Waals surface area contributed by atoms with Crippen molar-refractivity contribution in [2.24, 2.45) is 0 Å². The zero-order valence-electron chi connectivity index (χ0n) is 4.37. The Balaban J connectivity index is 4.14. The maximum absolute atomic E-state index is 8.73. The molecule has 0 heterocycles. The van der Waals surface area contributed by atoms with E-state index in [0.717, 1.165) is 0 Å². The third-order valence-corrected chi connectivity index (χ3v) is 2.34. The summed E-state index contributed by atoms with van der Waals surface area (Å²) in [4.78, 5) is 0. The fourth-order valence-corrected chi connectivity index (χ4v) is 0.314. The first kappa shape index (κ1) is 10.1. The predicted octanol–water partition coefficient (Wildman–Crippen LogP) is 2.24. The van der Waals surface area contributed by atoms with E-state index in [1.54, 1.807) is 0 Å². The average Bonchev–Trinajstić information content (AvgIpc) is 1.64. The van der Waals surface area contributed by atoms with E-state index >= 15 is 0 Å². The molecule has 1 atom stereocenters. The first-order chi connectivity index (χ1) is 3.81. The van der Waals surface area contributed by atoms with Gasteiger partial charge in [-0.15, -0.1) is 0 Å². The minimum absolute atomic E-state index is 1.22. The number of halogens is 4. The van der Waals surface area contributed by atoms with Gasteiger partial charge in [-0.25, -0.2) is 0 Å². The van der Waals surface area contributed by atoms with Crippen LogP contribution in [0.25, 0.3) is 0 Å². The van der Waals surface area contributed by atoms with Crippen LogP contribution in [-0.2, 0) is 4.29 Å². The predicted molar refractivity (Wildman–Crippen MR) is 37.9 cm³/mol. The first-order valence-electron chi connectivity index (χ1n) is 1.90. The van der Waals surface area contributed by atoms with E-state index in [9.17, 15) is 0 Å². The highest BCUT2D eigenvalue weighted by Gasteiger charge is 2.44. The molecule has 0 radical (unpaired) electrons. The Bertz CT molecular complexity index is 96.5. The van der Waals surface area contributed by atoms with E-state index in [1.165, 1.54) is 6.92 Å². The van der Waals surface area contributed by atoms with Gasteiger partial charge in [0.25, 0.3) is 4.52 Å². The van der Waals surface area contributed by atoms with Crippen LogP contribution in [0.15, 0.2) is 0 Å². The van der Waals surface area contributed by atoms with Crippen molar-refractivity contribution < 1.29 is 9.40 Å². The largest absolute Gasteiger partial charge is 0.359 e. The summed E-state index contributed by atoms with van der Waals surface area (Å²) in [5, 5.41) is 7.04. The minimum Gasteiger partial charge on any atom is -0.359 e. The van der Waals surface area contributed by atoms with Crippen molar-refractivity contribution >= 4 is 46.7 Å². The molecule has 0 aromatic heterocycles. The molecule has 6 heteroatoms. The van der Waals surface area contributed by atoms with E-state index in [-0.39, 0.29) is 0 Å². The van der Waals surface area contributed by atoms with Crippen molar-refractivity contribution in [3.8, 4) is 0 Å². The number of rotatable bonds is 2. The SMILES string of the molecule is CC(Cl)(OCl)C(O)(Cl)Cl. The van der Waals surface area contributed by atoms with Crippen LogP contribution in [0, 0.1) is 0 Å². The summed E-state index contributed by atoms with van der Waals surface area (Å²) in [5.74, 6) is 0. The van der Waals surface area contributed by atoms with Crippen molar-refractivity contribution in [3.05, 3.63) is 0 Å². The molecule has 0 spiro atoms. The van der Waals surface area contributed by atoms with Gasteiger partial charge in [-0.3, -0.25) is 4.29 Å². The molecular weight excluding hydrogens is 210 g/mol. The Kier molecular flexibility index (Phi) is 3.35. The van der Waals surface area contributed by atoms with Crippen molar-refractivity contribution in [1.82, 2.24) is 0 Å². The van der Waals surface area contributed by atoms with Gasteiger partial charge in [-0.05, 0) is 6.92 Å². The van der Waals surface area contributed by atoms with Gasteiger partial charge in [0.1, 0.15) is 0 Å². The van der Waals surface area contributed by atoms with Crippen LogP contribution in [0.3, 0.4) is 0 Å². The molecule has 0 aromatic carbocycles. The van der Waals surface area contributed by atoms with E-state index in [4.69, 9.17) is 51.8 Å². The quantitative estimate of drug-likeness (QED) is 0.714. The van der Waals surface area contributed by atoms with Crippen LogP contribution >= 0.6 is 46.7 Å². The average molecular weight is 214 g/mol. The van der Waals surface area contributed by atoms with Crippen LogP contribution in [0.5, 0.6) is 0 Å². The normalized spacial score (nSPS) is 19.3. The van der Waals surface area contributed by atoms with E-state index < -0.39 is 9.58 Å². The Morgan fingerprint density at radius 2 is 1.67 bits per heavy atom. The Labute approximate surface area is 72.8 Å². The van der Waals surface area contributed by atoms with E-state index in [2.05, 4.69) is 4.29 Å². The molecule has 56 valence electrons.